The van der Waals surface area contributed by atoms with Crippen LogP contribution in [0.15, 0.2) is 43.0 Å². The number of hydrogen-bond donors (Lipinski definition) is 1. The van der Waals surface area contributed by atoms with Gasteiger partial charge in [0.1, 0.15) is 0 Å². The molecule has 1 N–H and O–H groups in total. The van der Waals surface area contributed by atoms with Crippen LogP contribution in [-0.4, -0.2) is 85.1 Å². The van der Waals surface area contributed by atoms with Crippen molar-refractivity contribution in [1.29, 1.82) is 0 Å². The first-order chi connectivity index (χ1) is 14.2. The largest absolute Gasteiger partial charge is 0.389 e. The average molecular weight is 403 g/mol. The molecule has 0 bridgehead atoms. The molecule has 6 heteroatoms. The molecule has 2 aliphatic rings. The van der Waals surface area contributed by atoms with Crippen LogP contribution in [0.4, 0.5) is 0 Å². The summed E-state index contributed by atoms with van der Waals surface area (Å²) in [4.78, 5) is 17.4. The van der Waals surface area contributed by atoms with E-state index >= 15 is 0 Å². The van der Waals surface area contributed by atoms with Gasteiger partial charge in [0, 0.05) is 37.8 Å². The zero-order valence-electron chi connectivity index (χ0n) is 17.2. The lowest BCUT2D eigenvalue weighted by molar-refractivity contribution is -0.0603. The van der Waals surface area contributed by atoms with Gasteiger partial charge in [-0.3, -0.25) is 9.69 Å². The van der Waals surface area contributed by atoms with Gasteiger partial charge in [0.15, 0.2) is 0 Å². The maximum atomic E-state index is 13.2. The molecule has 6 nitrogen and oxygen atoms in total. The summed E-state index contributed by atoms with van der Waals surface area (Å²) in [7, 11) is 0. The fourth-order valence-electron chi connectivity index (χ4n) is 4.27. The fourth-order valence-corrected chi connectivity index (χ4v) is 4.27. The molecule has 0 radical (unpaired) electrons. The molecule has 0 aromatic heterocycles. The van der Waals surface area contributed by atoms with Gasteiger partial charge in [0.2, 0.25) is 0 Å². The number of β-amino-alcohol motifs (C(OH)–C–C–N with tert-alkyl or cyclic N) is 1. The standard InChI is InChI=1S/C23H34N2O4/c1-2-13-28-18-21(26)15-24-12-14-29-22(16-24)17-25(20-10-6-7-11-20)23(27)19-8-4-3-5-9-19/h2-5,8-9,20-22,26H,1,6-7,10-18H2. The maximum absolute atomic E-state index is 13.2. The Morgan fingerprint density at radius 1 is 1.34 bits per heavy atom. The van der Waals surface area contributed by atoms with Crippen LogP contribution < -0.4 is 0 Å². The van der Waals surface area contributed by atoms with Gasteiger partial charge in [-0.1, -0.05) is 37.1 Å². The molecule has 1 aliphatic carbocycles. The second-order valence-corrected chi connectivity index (χ2v) is 7.99. The van der Waals surface area contributed by atoms with Crippen LogP contribution in [0.1, 0.15) is 36.0 Å². The molecule has 2 atom stereocenters. The van der Waals surface area contributed by atoms with Gasteiger partial charge in [-0.2, -0.15) is 0 Å². The second-order valence-electron chi connectivity index (χ2n) is 7.99. The first-order valence-corrected chi connectivity index (χ1v) is 10.7. The van der Waals surface area contributed by atoms with Crippen molar-refractivity contribution in [3.05, 3.63) is 48.6 Å². The second kappa shape index (κ2) is 11.5. The molecule has 160 valence electrons. The maximum Gasteiger partial charge on any atom is 0.254 e. The summed E-state index contributed by atoms with van der Waals surface area (Å²) in [6.45, 7) is 7.61. The van der Waals surface area contributed by atoms with Gasteiger partial charge in [0.05, 0.1) is 32.0 Å². The highest BCUT2D eigenvalue weighted by atomic mass is 16.5. The minimum atomic E-state index is -0.536. The number of carbonyl (C=O) groups is 1. The van der Waals surface area contributed by atoms with Crippen LogP contribution in [0.25, 0.3) is 0 Å². The predicted molar refractivity (Wildman–Crippen MR) is 113 cm³/mol. The van der Waals surface area contributed by atoms with Gasteiger partial charge in [-0.15, -0.1) is 6.58 Å². The van der Waals surface area contributed by atoms with E-state index < -0.39 is 6.10 Å². The van der Waals surface area contributed by atoms with E-state index in [1.54, 1.807) is 6.08 Å². The lowest BCUT2D eigenvalue weighted by Gasteiger charge is -2.38. The zero-order chi connectivity index (χ0) is 20.5. The van der Waals surface area contributed by atoms with Gasteiger partial charge >= 0.3 is 0 Å². The van der Waals surface area contributed by atoms with Crippen molar-refractivity contribution in [3.8, 4) is 0 Å². The number of hydrogen-bond acceptors (Lipinski definition) is 5. The van der Waals surface area contributed by atoms with Gasteiger partial charge in [0.25, 0.3) is 5.91 Å². The number of benzene rings is 1. The zero-order valence-corrected chi connectivity index (χ0v) is 17.2. The topological polar surface area (TPSA) is 62.2 Å². The molecular weight excluding hydrogens is 368 g/mol. The quantitative estimate of drug-likeness (QED) is 0.481. The Kier molecular flexibility index (Phi) is 8.68. The van der Waals surface area contributed by atoms with Crippen molar-refractivity contribution >= 4 is 5.91 Å². The number of aliphatic hydroxyl groups is 1. The highest BCUT2D eigenvalue weighted by molar-refractivity contribution is 5.94. The Hall–Kier alpha value is -1.73. The monoisotopic (exact) mass is 402 g/mol. The Morgan fingerprint density at radius 3 is 2.83 bits per heavy atom. The third-order valence-electron chi connectivity index (χ3n) is 5.69. The molecule has 1 aromatic rings. The van der Waals surface area contributed by atoms with Crippen LogP contribution in [0, 0.1) is 0 Å². The molecule has 1 aliphatic heterocycles. The van der Waals surface area contributed by atoms with Crippen LogP contribution in [-0.2, 0) is 9.47 Å². The van der Waals surface area contributed by atoms with E-state index in [2.05, 4.69) is 11.5 Å². The summed E-state index contributed by atoms with van der Waals surface area (Å²) in [5, 5.41) is 10.2. The summed E-state index contributed by atoms with van der Waals surface area (Å²) >= 11 is 0. The first-order valence-electron chi connectivity index (χ1n) is 10.7. The molecule has 0 spiro atoms. The van der Waals surface area contributed by atoms with Crippen molar-refractivity contribution in [2.24, 2.45) is 0 Å². The number of morpholine rings is 1. The Bertz CT molecular complexity index is 633. The lowest BCUT2D eigenvalue weighted by atomic mass is 10.1. The van der Waals surface area contributed by atoms with E-state index in [9.17, 15) is 9.90 Å². The van der Waals surface area contributed by atoms with E-state index in [0.717, 1.165) is 24.9 Å². The summed E-state index contributed by atoms with van der Waals surface area (Å²) in [5.74, 6) is 0.0936. The van der Waals surface area contributed by atoms with E-state index in [1.807, 2.05) is 35.2 Å². The molecule has 3 rings (SSSR count). The van der Waals surface area contributed by atoms with Gasteiger partial charge < -0.3 is 19.5 Å². The molecule has 1 heterocycles. The SMILES string of the molecule is C=CCOCC(O)CN1CCOC(CN(C(=O)c2ccccc2)C2CCCC2)C1. The average Bonchev–Trinajstić information content (AvgIpc) is 3.27. The van der Waals surface area contributed by atoms with Gasteiger partial charge in [-0.05, 0) is 25.0 Å². The highest BCUT2D eigenvalue weighted by Crippen LogP contribution is 2.26. The van der Waals surface area contributed by atoms with E-state index in [4.69, 9.17) is 9.47 Å². The van der Waals surface area contributed by atoms with E-state index in [-0.39, 0.29) is 12.0 Å². The molecule has 2 fully saturated rings. The molecule has 29 heavy (non-hydrogen) atoms. The Morgan fingerprint density at radius 2 is 2.10 bits per heavy atom. The number of rotatable bonds is 10. The third-order valence-corrected chi connectivity index (χ3v) is 5.69. The summed E-state index contributed by atoms with van der Waals surface area (Å²) < 4.78 is 11.3. The molecular formula is C23H34N2O4. The van der Waals surface area contributed by atoms with Crippen LogP contribution in [0.5, 0.6) is 0 Å². The fraction of sp³-hybridized carbons (Fsp3) is 0.609. The Balaban J connectivity index is 1.58. The smallest absolute Gasteiger partial charge is 0.254 e. The summed E-state index contributed by atoms with van der Waals surface area (Å²) in [6.07, 6.45) is 5.58. The van der Waals surface area contributed by atoms with E-state index in [1.165, 1.54) is 12.8 Å². The van der Waals surface area contributed by atoms with Crippen molar-refractivity contribution in [3.63, 3.8) is 0 Å². The molecule has 1 aromatic carbocycles. The molecule has 1 saturated carbocycles. The van der Waals surface area contributed by atoms with Gasteiger partial charge in [-0.25, -0.2) is 0 Å². The van der Waals surface area contributed by atoms with Crippen LogP contribution in [0.3, 0.4) is 0 Å². The minimum absolute atomic E-state index is 0.0432. The lowest BCUT2D eigenvalue weighted by Crippen LogP contribution is -2.52. The third kappa shape index (κ3) is 6.64. The molecule has 1 saturated heterocycles. The molecule has 1 amide bonds. The number of amides is 1. The summed E-state index contributed by atoms with van der Waals surface area (Å²) in [6, 6.07) is 9.82. The van der Waals surface area contributed by atoms with Crippen LogP contribution in [0.2, 0.25) is 0 Å². The van der Waals surface area contributed by atoms with Crippen LogP contribution >= 0.6 is 0 Å². The van der Waals surface area contributed by atoms with Crippen molar-refractivity contribution in [1.82, 2.24) is 9.80 Å². The molecule has 2 unspecified atom stereocenters. The number of nitrogens with zero attached hydrogens (tertiary/aromatic N) is 2. The normalized spacial score (nSPS) is 21.8. The van der Waals surface area contributed by atoms with Crippen molar-refractivity contribution in [2.75, 3.05) is 46.0 Å². The predicted octanol–water partition coefficient (Wildman–Crippen LogP) is 2.34. The summed E-state index contributed by atoms with van der Waals surface area (Å²) in [5.41, 5.74) is 0.738. The van der Waals surface area contributed by atoms with E-state index in [0.29, 0.717) is 45.5 Å². The Labute approximate surface area is 174 Å². The first kappa shape index (κ1) is 22.0. The number of carbonyl (C=O) groups excluding carboxylic acids is 1. The number of aliphatic hydroxyl groups excluding tert-OH is 1. The minimum Gasteiger partial charge on any atom is -0.389 e. The number of ether oxygens (including phenoxy) is 2. The van der Waals surface area contributed by atoms with Crippen molar-refractivity contribution < 1.29 is 19.4 Å². The highest BCUT2D eigenvalue weighted by Gasteiger charge is 2.32. The van der Waals surface area contributed by atoms with Crippen molar-refractivity contribution in [2.45, 2.75) is 43.9 Å².